The fourth-order valence-corrected chi connectivity index (χ4v) is 26.8. The van der Waals surface area contributed by atoms with Gasteiger partial charge in [0, 0.05) is 26.4 Å². The van der Waals surface area contributed by atoms with E-state index in [1.807, 2.05) is 111 Å². The quantitative estimate of drug-likeness (QED) is 0.243. The predicted octanol–water partition coefficient (Wildman–Crippen LogP) is 39.8. The Morgan fingerprint density at radius 2 is 0.385 bits per heavy atom. The van der Waals surface area contributed by atoms with E-state index < -0.39 is 0 Å². The first-order valence-electron chi connectivity index (χ1n) is 57.2. The molecule has 4 aliphatic heterocycles. The molecule has 0 aromatic rings. The molecule has 16 fully saturated rings. The van der Waals surface area contributed by atoms with Gasteiger partial charge in [0.1, 0.15) is 0 Å². The van der Waals surface area contributed by atoms with Crippen LogP contribution in [0.25, 0.3) is 0 Å². The van der Waals surface area contributed by atoms with Gasteiger partial charge >= 0.3 is 0 Å². The molecule has 0 N–H and O–H groups in total. The van der Waals surface area contributed by atoms with Gasteiger partial charge in [-0.05, 0) is 378 Å². The maximum absolute atomic E-state index is 5.96. The minimum absolute atomic E-state index is 0.327. The number of hydrogen-bond donors (Lipinski definition) is 0. The molecule has 8 spiro atoms. The van der Waals surface area contributed by atoms with Crippen molar-refractivity contribution < 1.29 is 18.9 Å². The number of rotatable bonds is 8. The van der Waals surface area contributed by atoms with E-state index in [-0.39, 0.29) is 0 Å². The summed E-state index contributed by atoms with van der Waals surface area (Å²) >= 11 is 0. The van der Waals surface area contributed by atoms with Crippen LogP contribution in [-0.2, 0) is 18.9 Å². The summed E-state index contributed by atoms with van der Waals surface area (Å²) in [6.07, 6.45) is 82.6. The van der Waals surface area contributed by atoms with E-state index in [1.54, 1.807) is 103 Å². The van der Waals surface area contributed by atoms with Gasteiger partial charge < -0.3 is 18.9 Å². The molecular weight excluding hydrogens is 1480 g/mol. The van der Waals surface area contributed by atoms with E-state index in [0.29, 0.717) is 22.0 Å². The molecule has 122 heavy (non-hydrogen) atoms. The van der Waals surface area contributed by atoms with Crippen molar-refractivity contribution in [3.63, 3.8) is 0 Å². The maximum atomic E-state index is 5.96. The highest BCUT2D eigenvalue weighted by molar-refractivity contribution is 4.97. The minimum atomic E-state index is 0.327. The van der Waals surface area contributed by atoms with Gasteiger partial charge in [-0.3, -0.25) is 0 Å². The van der Waals surface area contributed by atoms with Crippen LogP contribution < -0.4 is 0 Å². The molecule has 4 saturated heterocycles. The van der Waals surface area contributed by atoms with Crippen molar-refractivity contribution in [2.45, 2.75) is 592 Å². The van der Waals surface area contributed by atoms with Gasteiger partial charge in [0.25, 0.3) is 0 Å². The first-order valence-corrected chi connectivity index (χ1v) is 57.2. The highest BCUT2D eigenvalue weighted by Gasteiger charge is 2.46. The van der Waals surface area contributed by atoms with Gasteiger partial charge in [-0.1, -0.05) is 331 Å². The maximum Gasteiger partial charge on any atom is 0.0686 e. The Hall–Kier alpha value is -0.160. The van der Waals surface area contributed by atoms with Crippen LogP contribution in [0, 0.1) is 127 Å². The highest BCUT2D eigenvalue weighted by atomic mass is 16.5. The van der Waals surface area contributed by atoms with Gasteiger partial charge in [-0.25, -0.2) is 0 Å². The molecule has 0 aromatic carbocycles. The molecule has 4 heteroatoms. The van der Waals surface area contributed by atoms with Crippen LogP contribution in [-0.4, -0.2) is 50.8 Å². The molecule has 0 bridgehead atoms. The van der Waals surface area contributed by atoms with Crippen molar-refractivity contribution in [1.29, 1.82) is 0 Å². The third-order valence-electron chi connectivity index (χ3n) is 35.4. The Balaban J connectivity index is 0.000000680. The van der Waals surface area contributed by atoms with Crippen molar-refractivity contribution in [3.05, 3.63) is 0 Å². The summed E-state index contributed by atoms with van der Waals surface area (Å²) in [6.45, 7) is 76.4. The first-order chi connectivity index (χ1) is 58.7. The van der Waals surface area contributed by atoms with E-state index in [2.05, 4.69) is 111 Å². The van der Waals surface area contributed by atoms with Crippen molar-refractivity contribution in [2.24, 2.45) is 127 Å². The molecule has 6 unspecified atom stereocenters. The second kappa shape index (κ2) is 66.3. The van der Waals surface area contributed by atoms with E-state index in [1.165, 1.54) is 257 Å². The summed E-state index contributed by atoms with van der Waals surface area (Å²) < 4.78 is 23.0. The lowest BCUT2D eigenvalue weighted by Gasteiger charge is -2.45. The zero-order chi connectivity index (χ0) is 91.9. The Bertz CT molecular complexity index is 2090. The number of ether oxygens (including phenoxy) is 4. The molecule has 732 valence electrons. The minimum Gasteiger partial charge on any atom is -0.381 e. The lowest BCUT2D eigenvalue weighted by molar-refractivity contribution is -0.0468. The number of hydrogen-bond acceptors (Lipinski definition) is 4. The average Bonchev–Trinajstić information content (AvgIpc) is 1.39. The van der Waals surface area contributed by atoms with Crippen molar-refractivity contribution in [1.82, 2.24) is 0 Å². The Morgan fingerprint density at radius 1 is 0.164 bits per heavy atom. The van der Waals surface area contributed by atoms with E-state index in [9.17, 15) is 0 Å². The molecule has 4 heterocycles. The molecule has 6 atom stereocenters. The van der Waals surface area contributed by atoms with Gasteiger partial charge in [0.15, 0.2) is 0 Å². The molecule has 12 aliphatic carbocycles. The summed E-state index contributed by atoms with van der Waals surface area (Å²) in [5.41, 5.74) is 5.19. The highest BCUT2D eigenvalue weighted by Crippen LogP contribution is 2.56. The Morgan fingerprint density at radius 3 is 0.664 bits per heavy atom. The molecule has 4 nitrogen and oxygen atoms in total. The second-order valence-electron chi connectivity index (χ2n) is 45.1. The monoisotopic (exact) mass is 1720 g/mol. The molecule has 16 aliphatic rings. The van der Waals surface area contributed by atoms with Crippen molar-refractivity contribution in [2.75, 3.05) is 39.6 Å². The zero-order valence-corrected chi connectivity index (χ0v) is 90.7. The second-order valence-corrected chi connectivity index (χ2v) is 45.1. The predicted molar refractivity (Wildman–Crippen MR) is 550 cm³/mol. The van der Waals surface area contributed by atoms with Crippen LogP contribution in [0.1, 0.15) is 581 Å². The third-order valence-corrected chi connectivity index (χ3v) is 35.4. The smallest absolute Gasteiger partial charge is 0.0686 e. The van der Waals surface area contributed by atoms with Crippen LogP contribution in [0.15, 0.2) is 0 Å². The average molecular weight is 1720 g/mol. The first kappa shape index (κ1) is 120. The van der Waals surface area contributed by atoms with Crippen molar-refractivity contribution in [3.8, 4) is 0 Å². The normalized spacial score (nSPS) is 30.0. The van der Waals surface area contributed by atoms with Gasteiger partial charge in [0.05, 0.1) is 24.4 Å². The van der Waals surface area contributed by atoms with Gasteiger partial charge in [0.2, 0.25) is 0 Å². The fourth-order valence-electron chi connectivity index (χ4n) is 26.8. The van der Waals surface area contributed by atoms with Gasteiger partial charge in [-0.2, -0.15) is 0 Å². The summed E-state index contributed by atoms with van der Waals surface area (Å²) in [6, 6.07) is 0. The summed E-state index contributed by atoms with van der Waals surface area (Å²) in [5, 5.41) is 0. The molecular formula is C118H236O4. The summed E-state index contributed by atoms with van der Waals surface area (Å²) in [5.74, 6) is 15.2. The molecule has 0 radical (unpaired) electrons. The largest absolute Gasteiger partial charge is 0.381 e. The van der Waals surface area contributed by atoms with Crippen LogP contribution in [0.2, 0.25) is 0 Å². The van der Waals surface area contributed by atoms with Crippen molar-refractivity contribution >= 4 is 0 Å². The van der Waals surface area contributed by atoms with E-state index in [4.69, 9.17) is 18.9 Å². The molecule has 0 amide bonds. The van der Waals surface area contributed by atoms with Crippen LogP contribution in [0.5, 0.6) is 0 Å². The SMILES string of the molecule is CC.CC.CC.CC.CC.CC.CC.CC.CC(C)C1CCC2(CCCC2)CC1.CC(C)C1CCC2(CCCCC2)CC1.CC(C)C1CCC2(CCCO2)CC1.CC(C)C1CCC2(CCOC2)CC1.CC(C)C1CCCC2(CCCC2)C1.CC(C)C1CCCC2(CCCCC2)C1.CC(C)C1CCCC2(CCCO2)C1.CC(C)C1CCCC2(CCOC2)C1. The Labute approximate surface area is 773 Å². The lowest BCUT2D eigenvalue weighted by atomic mass is 9.61. The van der Waals surface area contributed by atoms with Crippen LogP contribution in [0.4, 0.5) is 0 Å². The topological polar surface area (TPSA) is 36.9 Å². The third kappa shape index (κ3) is 41.5. The van der Waals surface area contributed by atoms with Crippen LogP contribution in [0.3, 0.4) is 0 Å². The standard InChI is InChI=1S/2C14H26.2C13H24.4C12H22O.8C2H6/c1-12(2)13-6-10-14(11-7-13)8-4-3-5-9-14;1-12(2)13-7-6-10-14(11-13)8-4-3-5-9-14;1-11(2)12-5-9-13(10-6-12)7-3-4-8-13;1-11(2)12-6-5-9-13(10-12)7-3-4-8-13;1-10(2)11-4-7-12(8-5-11)6-3-9-13-12;1-10(2)11-3-5-12(6-4-11)7-8-13-9-12;1-10(2)11-5-3-6-12(9-11)7-4-8-13-12;1-10(2)11-4-3-5-12(8-11)6-7-13-9-12;8*1-2/h2*12-13H,3-11H2,1-2H3;2*11-12H,3-10H2,1-2H3;4*10-11H,3-9H2,1-2H3;8*1-2H3. The van der Waals surface area contributed by atoms with Gasteiger partial charge in [-0.15, -0.1) is 0 Å². The lowest BCUT2D eigenvalue weighted by Crippen LogP contribution is -2.36. The van der Waals surface area contributed by atoms with Crippen LogP contribution >= 0.6 is 0 Å². The molecule has 12 saturated carbocycles. The van der Waals surface area contributed by atoms with E-state index >= 15 is 0 Å². The Kier molecular flexibility index (Phi) is 65.1. The molecule has 16 rings (SSSR count). The van der Waals surface area contributed by atoms with E-state index in [0.717, 1.165) is 156 Å². The zero-order valence-electron chi connectivity index (χ0n) is 90.7. The summed E-state index contributed by atoms with van der Waals surface area (Å²) in [7, 11) is 0. The molecule has 0 aromatic heterocycles. The summed E-state index contributed by atoms with van der Waals surface area (Å²) in [4.78, 5) is 0. The fraction of sp³-hybridized carbons (Fsp3) is 1.00.